The summed E-state index contributed by atoms with van der Waals surface area (Å²) >= 11 is 0. The largest absolute Gasteiger partial charge is 0.446 e. The Bertz CT molecular complexity index is 428. The summed E-state index contributed by atoms with van der Waals surface area (Å²) in [5.41, 5.74) is 1.14. The zero-order valence-electron chi connectivity index (χ0n) is 12.7. The Hall–Kier alpha value is -1.51. The zero-order valence-corrected chi connectivity index (χ0v) is 12.7. The Kier molecular flexibility index (Phi) is 4.69. The van der Waals surface area contributed by atoms with E-state index in [1.54, 1.807) is 0 Å². The molecule has 0 aromatic heterocycles. The Morgan fingerprint density at radius 2 is 1.70 bits per heavy atom. The molecule has 110 valence electrons. The van der Waals surface area contributed by atoms with Gasteiger partial charge in [0.05, 0.1) is 0 Å². The second-order valence-corrected chi connectivity index (χ2v) is 6.74. The number of hydrogen-bond donors (Lipinski definition) is 1. The van der Waals surface area contributed by atoms with Crippen LogP contribution in [0.1, 0.15) is 46.5 Å². The van der Waals surface area contributed by atoms with Crippen molar-refractivity contribution in [3.63, 3.8) is 0 Å². The van der Waals surface area contributed by atoms with Crippen LogP contribution in [-0.4, -0.2) is 12.2 Å². The first-order valence-corrected chi connectivity index (χ1v) is 7.48. The first kappa shape index (κ1) is 14.9. The molecular formula is C17H25NO2. The number of ether oxygens (including phenoxy) is 1. The van der Waals surface area contributed by atoms with Gasteiger partial charge in [-0.25, -0.2) is 4.79 Å². The standard InChI is InChI=1S/C17H25NO2/c1-17(2,3)13-9-11-15(12-10-13)20-16(19)18-14-7-5-4-6-8-14/h4-8,13,15H,9-12H2,1-3H3,(H,18,19). The van der Waals surface area contributed by atoms with Gasteiger partial charge in [0.25, 0.3) is 0 Å². The maximum absolute atomic E-state index is 11.8. The molecule has 0 atom stereocenters. The van der Waals surface area contributed by atoms with Crippen molar-refractivity contribution in [2.75, 3.05) is 5.32 Å². The van der Waals surface area contributed by atoms with E-state index in [0.717, 1.165) is 37.3 Å². The van der Waals surface area contributed by atoms with Crippen LogP contribution in [-0.2, 0) is 4.74 Å². The fraction of sp³-hybridized carbons (Fsp3) is 0.588. The highest BCUT2D eigenvalue weighted by molar-refractivity contribution is 5.84. The van der Waals surface area contributed by atoms with E-state index in [4.69, 9.17) is 4.74 Å². The summed E-state index contributed by atoms with van der Waals surface area (Å²) in [5, 5.41) is 2.77. The molecule has 0 spiro atoms. The SMILES string of the molecule is CC(C)(C)C1CCC(OC(=O)Nc2ccccc2)CC1. The molecule has 1 saturated carbocycles. The van der Waals surface area contributed by atoms with E-state index in [1.807, 2.05) is 30.3 Å². The van der Waals surface area contributed by atoms with Gasteiger partial charge in [-0.05, 0) is 49.1 Å². The molecule has 0 heterocycles. The van der Waals surface area contributed by atoms with Gasteiger partial charge in [0, 0.05) is 5.69 Å². The van der Waals surface area contributed by atoms with Gasteiger partial charge in [0.1, 0.15) is 6.10 Å². The molecule has 0 saturated heterocycles. The molecule has 0 aliphatic heterocycles. The molecule has 1 aliphatic rings. The van der Waals surface area contributed by atoms with Gasteiger partial charge in [-0.15, -0.1) is 0 Å². The van der Waals surface area contributed by atoms with Crippen LogP contribution in [0, 0.1) is 11.3 Å². The minimum atomic E-state index is -0.338. The van der Waals surface area contributed by atoms with E-state index in [9.17, 15) is 4.79 Å². The lowest BCUT2D eigenvalue weighted by atomic mass is 9.72. The van der Waals surface area contributed by atoms with Crippen molar-refractivity contribution >= 4 is 11.8 Å². The number of carbonyl (C=O) groups excluding carboxylic acids is 1. The van der Waals surface area contributed by atoms with Crippen molar-refractivity contribution in [1.82, 2.24) is 0 Å². The van der Waals surface area contributed by atoms with Gasteiger partial charge in [-0.1, -0.05) is 39.0 Å². The highest BCUT2D eigenvalue weighted by Gasteiger charge is 2.31. The molecule has 20 heavy (non-hydrogen) atoms. The van der Waals surface area contributed by atoms with E-state index < -0.39 is 0 Å². The second kappa shape index (κ2) is 6.29. The average Bonchev–Trinajstić information content (AvgIpc) is 2.39. The number of para-hydroxylation sites is 1. The Labute approximate surface area is 121 Å². The third kappa shape index (κ3) is 4.26. The fourth-order valence-electron chi connectivity index (χ4n) is 2.87. The van der Waals surface area contributed by atoms with Gasteiger partial charge in [0.2, 0.25) is 0 Å². The smallest absolute Gasteiger partial charge is 0.411 e. The number of carbonyl (C=O) groups is 1. The van der Waals surface area contributed by atoms with Gasteiger partial charge < -0.3 is 4.74 Å². The molecule has 2 rings (SSSR count). The number of rotatable bonds is 2. The Balaban J connectivity index is 1.77. The third-order valence-electron chi connectivity index (χ3n) is 4.19. The summed E-state index contributed by atoms with van der Waals surface area (Å²) in [6.07, 6.45) is 3.97. The predicted molar refractivity (Wildman–Crippen MR) is 81.7 cm³/mol. The van der Waals surface area contributed by atoms with Gasteiger partial charge in [-0.2, -0.15) is 0 Å². The van der Waals surface area contributed by atoms with Crippen molar-refractivity contribution in [3.05, 3.63) is 30.3 Å². The van der Waals surface area contributed by atoms with Crippen LogP contribution in [0.25, 0.3) is 0 Å². The first-order valence-electron chi connectivity index (χ1n) is 7.48. The monoisotopic (exact) mass is 275 g/mol. The number of nitrogens with one attached hydrogen (secondary N) is 1. The minimum Gasteiger partial charge on any atom is -0.446 e. The van der Waals surface area contributed by atoms with Gasteiger partial charge in [0.15, 0.2) is 0 Å². The molecule has 1 amide bonds. The molecule has 3 nitrogen and oxygen atoms in total. The van der Waals surface area contributed by atoms with E-state index >= 15 is 0 Å². The highest BCUT2D eigenvalue weighted by Crippen LogP contribution is 2.38. The topological polar surface area (TPSA) is 38.3 Å². The summed E-state index contributed by atoms with van der Waals surface area (Å²) < 4.78 is 5.51. The van der Waals surface area contributed by atoms with Crippen molar-refractivity contribution < 1.29 is 9.53 Å². The first-order chi connectivity index (χ1) is 9.45. The van der Waals surface area contributed by atoms with Gasteiger partial charge in [-0.3, -0.25) is 5.32 Å². The summed E-state index contributed by atoms with van der Waals surface area (Å²) in [5.74, 6) is 0.736. The number of hydrogen-bond acceptors (Lipinski definition) is 2. The Morgan fingerprint density at radius 1 is 1.10 bits per heavy atom. The quantitative estimate of drug-likeness (QED) is 0.838. The summed E-state index contributed by atoms with van der Waals surface area (Å²) in [7, 11) is 0. The molecule has 3 heteroatoms. The maximum Gasteiger partial charge on any atom is 0.411 e. The molecular weight excluding hydrogens is 250 g/mol. The van der Waals surface area contributed by atoms with Crippen molar-refractivity contribution in [3.8, 4) is 0 Å². The molecule has 1 fully saturated rings. The summed E-state index contributed by atoms with van der Waals surface area (Å²) in [4.78, 5) is 11.8. The molecule has 1 N–H and O–H groups in total. The van der Waals surface area contributed by atoms with Crippen LogP contribution in [0.2, 0.25) is 0 Å². The normalized spacial score (nSPS) is 23.1. The lowest BCUT2D eigenvalue weighted by molar-refractivity contribution is 0.0528. The van der Waals surface area contributed by atoms with Crippen LogP contribution >= 0.6 is 0 Å². The molecule has 1 aliphatic carbocycles. The zero-order chi connectivity index (χ0) is 14.6. The van der Waals surface area contributed by atoms with Crippen LogP contribution in [0.3, 0.4) is 0 Å². The summed E-state index contributed by atoms with van der Waals surface area (Å²) in [6.45, 7) is 6.88. The molecule has 0 unspecified atom stereocenters. The summed E-state index contributed by atoms with van der Waals surface area (Å²) in [6, 6.07) is 9.42. The number of benzene rings is 1. The highest BCUT2D eigenvalue weighted by atomic mass is 16.6. The third-order valence-corrected chi connectivity index (χ3v) is 4.19. The lowest BCUT2D eigenvalue weighted by Crippen LogP contribution is -2.31. The average molecular weight is 275 g/mol. The van der Waals surface area contributed by atoms with Crippen LogP contribution in [0.15, 0.2) is 30.3 Å². The number of amides is 1. The van der Waals surface area contributed by atoms with Crippen molar-refractivity contribution in [1.29, 1.82) is 0 Å². The fourth-order valence-corrected chi connectivity index (χ4v) is 2.87. The lowest BCUT2D eigenvalue weighted by Gasteiger charge is -2.36. The maximum atomic E-state index is 11.8. The van der Waals surface area contributed by atoms with Crippen LogP contribution in [0.4, 0.5) is 10.5 Å². The van der Waals surface area contributed by atoms with E-state index in [2.05, 4.69) is 26.1 Å². The molecule has 0 radical (unpaired) electrons. The van der Waals surface area contributed by atoms with E-state index in [1.165, 1.54) is 0 Å². The molecule has 1 aromatic carbocycles. The van der Waals surface area contributed by atoms with Crippen molar-refractivity contribution in [2.24, 2.45) is 11.3 Å². The van der Waals surface area contributed by atoms with Gasteiger partial charge >= 0.3 is 6.09 Å². The Morgan fingerprint density at radius 3 is 2.25 bits per heavy atom. The van der Waals surface area contributed by atoms with Crippen molar-refractivity contribution in [2.45, 2.75) is 52.6 Å². The molecule has 1 aromatic rings. The number of anilines is 1. The van der Waals surface area contributed by atoms with E-state index in [-0.39, 0.29) is 12.2 Å². The van der Waals surface area contributed by atoms with Crippen LogP contribution < -0.4 is 5.32 Å². The second-order valence-electron chi connectivity index (χ2n) is 6.74. The predicted octanol–water partition coefficient (Wildman–Crippen LogP) is 4.84. The molecule has 0 bridgehead atoms. The van der Waals surface area contributed by atoms with Crippen LogP contribution in [0.5, 0.6) is 0 Å². The van der Waals surface area contributed by atoms with E-state index in [0.29, 0.717) is 5.41 Å². The minimum absolute atomic E-state index is 0.0670.